The first-order chi connectivity index (χ1) is 17.0. The van der Waals surface area contributed by atoms with Crippen LogP contribution in [0.15, 0.2) is 42.7 Å². The van der Waals surface area contributed by atoms with E-state index >= 15 is 0 Å². The van der Waals surface area contributed by atoms with Crippen LogP contribution in [0, 0.1) is 13.8 Å². The topological polar surface area (TPSA) is 86.3 Å². The normalized spacial score (nSPS) is 15.6. The summed E-state index contributed by atoms with van der Waals surface area (Å²) in [5.74, 6) is 3.63. The summed E-state index contributed by atoms with van der Waals surface area (Å²) in [4.78, 5) is 31.2. The number of anilines is 3. The smallest absolute Gasteiger partial charge is 0.813 e. The van der Waals surface area contributed by atoms with Crippen molar-refractivity contribution < 1.29 is 4.79 Å². The van der Waals surface area contributed by atoms with Gasteiger partial charge in [-0.15, -0.1) is 0 Å². The molecule has 4 heterocycles. The van der Waals surface area contributed by atoms with Crippen molar-refractivity contribution in [2.75, 3.05) is 22.7 Å². The number of nitrogens with one attached hydrogen (secondary N) is 2. The van der Waals surface area contributed by atoms with Gasteiger partial charge in [0.05, 0.1) is 0 Å². The number of aryl methyl sites for hydroxylation is 2. The zero-order valence-corrected chi connectivity index (χ0v) is 23.1. The summed E-state index contributed by atoms with van der Waals surface area (Å²) in [5, 5.41) is 3.36. The number of hydrogen-bond acceptors (Lipinski definition) is 8. The van der Waals surface area contributed by atoms with Crippen LogP contribution in [0.25, 0.3) is 0 Å². The predicted octanol–water partition coefficient (Wildman–Crippen LogP) is 3.66. The number of hydrogen-bond donors (Lipinski definition) is 2. The van der Waals surface area contributed by atoms with Crippen molar-refractivity contribution in [3.05, 3.63) is 70.7 Å². The summed E-state index contributed by atoms with van der Waals surface area (Å²) in [6.45, 7) is 7.43. The monoisotopic (exact) mass is 517 g/mol. The van der Waals surface area contributed by atoms with E-state index in [-0.39, 0.29) is 34.8 Å². The minimum Gasteiger partial charge on any atom is -0.813 e. The second kappa shape index (κ2) is 11.6. The van der Waals surface area contributed by atoms with Crippen molar-refractivity contribution >= 4 is 52.3 Å². The van der Waals surface area contributed by atoms with Crippen molar-refractivity contribution in [2.45, 2.75) is 51.6 Å². The van der Waals surface area contributed by atoms with Crippen molar-refractivity contribution in [3.63, 3.8) is 0 Å². The number of carbonyl (C=O) groups is 1. The molecule has 0 unspecified atom stereocenters. The van der Waals surface area contributed by atoms with E-state index in [9.17, 15) is 4.79 Å². The molecule has 1 saturated heterocycles. The molecule has 8 nitrogen and oxygen atoms in total. The quantitative estimate of drug-likeness (QED) is 0.291. The van der Waals surface area contributed by atoms with Gasteiger partial charge in [-0.3, -0.25) is 0 Å². The third-order valence-corrected chi connectivity index (χ3v) is 7.31. The molecule has 0 radical (unpaired) electrons. The number of rotatable bonds is 6. The van der Waals surface area contributed by atoms with Gasteiger partial charge in [0.2, 0.25) is 5.95 Å². The van der Waals surface area contributed by atoms with E-state index in [4.69, 9.17) is 4.98 Å². The van der Waals surface area contributed by atoms with Gasteiger partial charge in [-0.05, 0) is 37.1 Å². The third kappa shape index (κ3) is 6.01. The van der Waals surface area contributed by atoms with E-state index in [2.05, 4.69) is 62.3 Å². The number of likely N-dealkylation sites (tertiary alicyclic amines) is 1. The van der Waals surface area contributed by atoms with E-state index < -0.39 is 0 Å². The van der Waals surface area contributed by atoms with Gasteiger partial charge in [0.1, 0.15) is 0 Å². The number of aromatic nitrogens is 3. The maximum atomic E-state index is 13.0. The molecule has 2 aliphatic heterocycles. The molecule has 0 spiro atoms. The van der Waals surface area contributed by atoms with Gasteiger partial charge < -0.3 is 18.8 Å². The van der Waals surface area contributed by atoms with Crippen LogP contribution in [-0.4, -0.2) is 65.2 Å². The zero-order valence-electron chi connectivity index (χ0n) is 21.0. The maximum absolute atomic E-state index is 13.0. The zero-order chi connectivity index (χ0) is 24.4. The Balaban J connectivity index is 0.00000304. The number of nitrogens with zero attached hydrogens (tertiary/aromatic N) is 5. The number of pyridine rings is 1. The first-order valence-electron chi connectivity index (χ1n) is 12.2. The molecule has 0 aliphatic carbocycles. The molecular weight excluding hydrogens is 485 g/mol. The number of amides is 1. The fraction of sp³-hybridized carbons (Fsp3) is 0.385. The number of benzene rings is 1. The second-order valence-corrected chi connectivity index (χ2v) is 10.3. The van der Waals surface area contributed by atoms with Gasteiger partial charge in [0, 0.05) is 11.9 Å². The first-order valence-corrected chi connectivity index (χ1v) is 14.0. The molecule has 1 aromatic carbocycles. The average molecular weight is 518 g/mol. The van der Waals surface area contributed by atoms with Crippen LogP contribution in [0.2, 0.25) is 5.79 Å². The number of fused-ring (bicyclic) bond motifs is 1. The summed E-state index contributed by atoms with van der Waals surface area (Å²) in [7, 11) is 0. The summed E-state index contributed by atoms with van der Waals surface area (Å²) in [6.07, 6.45) is 5.61. The molecule has 0 saturated carbocycles. The van der Waals surface area contributed by atoms with Crippen LogP contribution in [0.1, 0.15) is 45.6 Å². The Bertz CT molecular complexity index is 1210. The Morgan fingerprint density at radius 2 is 1.81 bits per heavy atom. The molecule has 10 heteroatoms. The van der Waals surface area contributed by atoms with Crippen LogP contribution in [-0.2, 0) is 26.6 Å². The molecule has 1 amide bonds. The van der Waals surface area contributed by atoms with Gasteiger partial charge in [0.15, 0.2) is 0 Å². The molecule has 2 aromatic heterocycles. The fourth-order valence-electron chi connectivity index (χ4n) is 5.08. The minimum atomic E-state index is 0. The van der Waals surface area contributed by atoms with E-state index in [0.717, 1.165) is 56.2 Å². The molecule has 2 N–H and O–H groups in total. The molecule has 36 heavy (non-hydrogen) atoms. The summed E-state index contributed by atoms with van der Waals surface area (Å²) >= 11 is 0.0935. The Hall–Kier alpha value is -2.64. The van der Waals surface area contributed by atoms with Gasteiger partial charge in [-0.2, -0.15) is 0 Å². The Labute approximate surface area is 226 Å². The van der Waals surface area contributed by atoms with Gasteiger partial charge >= 0.3 is 137 Å². The Kier molecular flexibility index (Phi) is 8.52. The van der Waals surface area contributed by atoms with Crippen LogP contribution in [0.5, 0.6) is 0 Å². The molecule has 1 fully saturated rings. The van der Waals surface area contributed by atoms with Gasteiger partial charge in [0.25, 0.3) is 0 Å². The standard InChI is InChI=1S/C25H28N7O.CH3.Al.H2S/c1-16-9-17(2)11-20(10-16)29-25-28-13-19-14-32(15-22(19)30-25)21-4-7-31(8-5-21)24(33)18-3-6-27-23(26)12-18;;;/h3,6,9-13,21H,4-5,7-8,14-15H2,1-2H3,(H2-,26,27,28,29,30);1H3;;1H2/q-1;;+2;/p-1. The number of piperidine rings is 1. The summed E-state index contributed by atoms with van der Waals surface area (Å²) < 4.78 is 3.26. The largest absolute Gasteiger partial charge is 0.813 e. The van der Waals surface area contributed by atoms with Crippen LogP contribution in [0.3, 0.4) is 0 Å². The first kappa shape index (κ1) is 26.4. The Morgan fingerprint density at radius 3 is 2.53 bits per heavy atom. The Morgan fingerprint density at radius 1 is 1.06 bits per heavy atom. The van der Waals surface area contributed by atoms with Crippen molar-refractivity contribution in [2.24, 2.45) is 0 Å². The van der Waals surface area contributed by atoms with E-state index in [0.29, 0.717) is 17.6 Å². The average Bonchev–Trinajstić information content (AvgIpc) is 3.27. The molecule has 5 rings (SSSR count). The molecule has 186 valence electrons. The summed E-state index contributed by atoms with van der Waals surface area (Å²) in [6, 6.07) is 10.5. The number of carbonyl (C=O) groups excluding carboxylic acids is 1. The van der Waals surface area contributed by atoms with Gasteiger partial charge in [-0.25, -0.2) is 9.97 Å². The van der Waals surface area contributed by atoms with Crippen LogP contribution >= 0.6 is 0 Å². The van der Waals surface area contributed by atoms with E-state index in [1.807, 2.05) is 23.2 Å². The fourth-order valence-corrected chi connectivity index (χ4v) is 5.53. The van der Waals surface area contributed by atoms with Crippen molar-refractivity contribution in [1.29, 1.82) is 0 Å². The molecular formula is C26H32AlN7OS. The third-order valence-electron chi connectivity index (χ3n) is 6.73. The minimum absolute atomic E-state index is 0. The van der Waals surface area contributed by atoms with Crippen LogP contribution < -0.4 is 9.62 Å². The van der Waals surface area contributed by atoms with Crippen LogP contribution in [0.4, 0.5) is 17.5 Å². The summed E-state index contributed by atoms with van der Waals surface area (Å²) in [5.41, 5.74) is 6.45. The molecule has 0 atom stereocenters. The van der Waals surface area contributed by atoms with E-state index in [1.165, 1.54) is 16.7 Å². The van der Waals surface area contributed by atoms with Crippen molar-refractivity contribution in [3.8, 4) is 0 Å². The molecule has 2 aliphatic rings. The molecule has 3 aromatic rings. The molecule has 0 bridgehead atoms. The SMILES string of the molecule is [CH3][Al+][NH]c1cc(C(=O)N2CCC(N3Cc4cnc(Nc5cc(C)cc(C)c5)nc4C3)CC2)ccn1.[SH-]. The maximum Gasteiger partial charge on any atom is -0.813 e. The van der Waals surface area contributed by atoms with Gasteiger partial charge in [-0.1, -0.05) is 6.07 Å². The van der Waals surface area contributed by atoms with Crippen molar-refractivity contribution in [1.82, 2.24) is 24.8 Å². The predicted molar refractivity (Wildman–Crippen MR) is 148 cm³/mol. The van der Waals surface area contributed by atoms with E-state index in [1.54, 1.807) is 6.20 Å². The second-order valence-electron chi connectivity index (χ2n) is 9.46. The number of thiol groups is 1.